The third-order valence-corrected chi connectivity index (χ3v) is 3.07. The molecule has 0 aromatic rings. The molecule has 1 N–H and O–H groups in total. The van der Waals surface area contributed by atoms with Crippen LogP contribution in [0.15, 0.2) is 12.8 Å². The Morgan fingerprint density at radius 3 is 1.90 bits per heavy atom. The van der Waals surface area contributed by atoms with Crippen LogP contribution in [-0.2, 0) is 23.7 Å². The molecule has 124 valence electrons. The van der Waals surface area contributed by atoms with Gasteiger partial charge >= 0.3 is 0 Å². The molecule has 1 rings (SSSR count). The van der Waals surface area contributed by atoms with Crippen molar-refractivity contribution in [2.75, 3.05) is 65.9 Å². The maximum atomic E-state index is 5.73. The normalized spacial score (nSPS) is 16.0. The minimum atomic E-state index is 0.397. The van der Waals surface area contributed by atoms with Crippen LogP contribution in [0.3, 0.4) is 0 Å². The van der Waals surface area contributed by atoms with Crippen LogP contribution in [0.2, 0.25) is 0 Å². The second kappa shape index (κ2) is 14.3. The molecule has 0 aliphatic carbocycles. The molecule has 6 nitrogen and oxygen atoms in total. The van der Waals surface area contributed by atoms with E-state index < -0.39 is 0 Å². The van der Waals surface area contributed by atoms with Crippen molar-refractivity contribution in [3.8, 4) is 0 Å². The monoisotopic (exact) mass is 303 g/mol. The van der Waals surface area contributed by atoms with E-state index in [1.807, 2.05) is 0 Å². The van der Waals surface area contributed by atoms with E-state index in [4.69, 9.17) is 23.7 Å². The first-order chi connectivity index (χ1) is 10.4. The van der Waals surface area contributed by atoms with Crippen molar-refractivity contribution in [1.29, 1.82) is 0 Å². The number of nitrogens with one attached hydrogen (secondary N) is 1. The summed E-state index contributed by atoms with van der Waals surface area (Å²) in [5, 5.41) is 3.31. The van der Waals surface area contributed by atoms with Gasteiger partial charge in [0.25, 0.3) is 0 Å². The molecule has 1 fully saturated rings. The molecule has 0 radical (unpaired) electrons. The highest BCUT2D eigenvalue weighted by molar-refractivity contribution is 4.67. The SMILES string of the molecule is C=COCCOCCOCCOCCOC1CCNCC1. The standard InChI is InChI=1S/C15H29NO5/c1-2-17-7-8-18-9-10-19-11-12-20-13-14-21-15-3-5-16-6-4-15/h2,15-16H,1,3-14H2. The van der Waals surface area contributed by atoms with Crippen LogP contribution in [0.4, 0.5) is 0 Å². The van der Waals surface area contributed by atoms with Gasteiger partial charge < -0.3 is 29.0 Å². The summed E-state index contributed by atoms with van der Waals surface area (Å²) in [5.41, 5.74) is 0. The maximum Gasteiger partial charge on any atom is 0.111 e. The summed E-state index contributed by atoms with van der Waals surface area (Å²) in [7, 11) is 0. The van der Waals surface area contributed by atoms with E-state index in [1.165, 1.54) is 6.26 Å². The van der Waals surface area contributed by atoms with Crippen LogP contribution < -0.4 is 5.32 Å². The molecule has 0 spiro atoms. The van der Waals surface area contributed by atoms with Crippen molar-refractivity contribution in [2.45, 2.75) is 18.9 Å². The Balaban J connectivity index is 1.69. The molecule has 0 amide bonds. The number of hydrogen-bond acceptors (Lipinski definition) is 6. The molecule has 1 aliphatic rings. The molecule has 21 heavy (non-hydrogen) atoms. The van der Waals surface area contributed by atoms with Gasteiger partial charge in [0.05, 0.1) is 58.6 Å². The highest BCUT2D eigenvalue weighted by Gasteiger charge is 2.12. The first kappa shape index (κ1) is 18.4. The molecular weight excluding hydrogens is 274 g/mol. The third-order valence-electron chi connectivity index (χ3n) is 3.07. The molecule has 1 aliphatic heterocycles. The summed E-state index contributed by atoms with van der Waals surface area (Å²) < 4.78 is 26.8. The smallest absolute Gasteiger partial charge is 0.111 e. The zero-order valence-corrected chi connectivity index (χ0v) is 12.9. The van der Waals surface area contributed by atoms with Crippen LogP contribution in [0.25, 0.3) is 0 Å². The van der Waals surface area contributed by atoms with Gasteiger partial charge in [-0.1, -0.05) is 6.58 Å². The minimum absolute atomic E-state index is 0.397. The largest absolute Gasteiger partial charge is 0.499 e. The number of piperidine rings is 1. The Bertz CT molecular complexity index is 234. The average Bonchev–Trinajstić information content (AvgIpc) is 2.53. The highest BCUT2D eigenvalue weighted by atomic mass is 16.6. The molecule has 0 bridgehead atoms. The molecule has 0 atom stereocenters. The lowest BCUT2D eigenvalue weighted by Gasteiger charge is -2.22. The van der Waals surface area contributed by atoms with Gasteiger partial charge in [-0.25, -0.2) is 0 Å². The Morgan fingerprint density at radius 1 is 0.810 bits per heavy atom. The first-order valence-corrected chi connectivity index (χ1v) is 7.71. The Hall–Kier alpha value is -0.660. The van der Waals surface area contributed by atoms with Crippen LogP contribution in [-0.4, -0.2) is 72.0 Å². The van der Waals surface area contributed by atoms with Crippen molar-refractivity contribution in [2.24, 2.45) is 0 Å². The second-order valence-corrected chi connectivity index (χ2v) is 4.69. The Kier molecular flexibility index (Phi) is 12.5. The fraction of sp³-hybridized carbons (Fsp3) is 0.867. The van der Waals surface area contributed by atoms with E-state index in [0.29, 0.717) is 59.0 Å². The average molecular weight is 303 g/mol. The summed E-state index contributed by atoms with van der Waals surface area (Å²) >= 11 is 0. The van der Waals surface area contributed by atoms with Gasteiger partial charge in [-0.15, -0.1) is 0 Å². The molecule has 0 saturated carbocycles. The van der Waals surface area contributed by atoms with Crippen molar-refractivity contribution in [3.63, 3.8) is 0 Å². The third kappa shape index (κ3) is 11.7. The topological polar surface area (TPSA) is 58.2 Å². The number of hydrogen-bond donors (Lipinski definition) is 1. The second-order valence-electron chi connectivity index (χ2n) is 4.69. The van der Waals surface area contributed by atoms with Gasteiger partial charge in [0.1, 0.15) is 6.61 Å². The summed E-state index contributed by atoms with van der Waals surface area (Å²) in [6, 6.07) is 0. The lowest BCUT2D eigenvalue weighted by molar-refractivity contribution is -0.0264. The van der Waals surface area contributed by atoms with E-state index in [1.54, 1.807) is 0 Å². The first-order valence-electron chi connectivity index (χ1n) is 7.71. The van der Waals surface area contributed by atoms with E-state index in [2.05, 4.69) is 11.9 Å². The van der Waals surface area contributed by atoms with Gasteiger partial charge in [-0.05, 0) is 25.9 Å². The minimum Gasteiger partial charge on any atom is -0.499 e. The van der Waals surface area contributed by atoms with Crippen molar-refractivity contribution in [1.82, 2.24) is 5.32 Å². The van der Waals surface area contributed by atoms with Gasteiger partial charge in [0.15, 0.2) is 0 Å². The number of ether oxygens (including phenoxy) is 5. The Labute approximate surface area is 127 Å². The maximum absolute atomic E-state index is 5.73. The zero-order chi connectivity index (χ0) is 15.0. The lowest BCUT2D eigenvalue weighted by Crippen LogP contribution is -2.33. The molecule has 0 aromatic heterocycles. The fourth-order valence-electron chi connectivity index (χ4n) is 1.97. The van der Waals surface area contributed by atoms with Crippen molar-refractivity contribution >= 4 is 0 Å². The Morgan fingerprint density at radius 2 is 1.33 bits per heavy atom. The summed E-state index contributed by atoms with van der Waals surface area (Å²) in [6.07, 6.45) is 4.00. The van der Waals surface area contributed by atoms with Crippen LogP contribution in [0.5, 0.6) is 0 Å². The fourth-order valence-corrected chi connectivity index (χ4v) is 1.97. The highest BCUT2D eigenvalue weighted by Crippen LogP contribution is 2.06. The van der Waals surface area contributed by atoms with Gasteiger partial charge in [-0.3, -0.25) is 0 Å². The zero-order valence-electron chi connectivity index (χ0n) is 12.9. The van der Waals surface area contributed by atoms with E-state index in [0.717, 1.165) is 25.9 Å². The van der Waals surface area contributed by atoms with Crippen LogP contribution in [0, 0.1) is 0 Å². The number of rotatable bonds is 14. The van der Waals surface area contributed by atoms with Gasteiger partial charge in [0, 0.05) is 0 Å². The predicted octanol–water partition coefficient (Wildman–Crippen LogP) is 0.965. The van der Waals surface area contributed by atoms with E-state index in [-0.39, 0.29) is 0 Å². The van der Waals surface area contributed by atoms with Gasteiger partial charge in [-0.2, -0.15) is 0 Å². The van der Waals surface area contributed by atoms with E-state index in [9.17, 15) is 0 Å². The molecule has 0 unspecified atom stereocenters. The van der Waals surface area contributed by atoms with Crippen molar-refractivity contribution < 1.29 is 23.7 Å². The van der Waals surface area contributed by atoms with Gasteiger partial charge in [0.2, 0.25) is 0 Å². The predicted molar refractivity (Wildman–Crippen MR) is 80.4 cm³/mol. The summed E-state index contributed by atoms with van der Waals surface area (Å²) in [6.45, 7) is 10.3. The van der Waals surface area contributed by atoms with Crippen LogP contribution >= 0.6 is 0 Å². The van der Waals surface area contributed by atoms with Crippen LogP contribution in [0.1, 0.15) is 12.8 Å². The molecule has 0 aromatic carbocycles. The molecular formula is C15H29NO5. The molecule has 1 saturated heterocycles. The molecule has 6 heteroatoms. The summed E-state index contributed by atoms with van der Waals surface area (Å²) in [5.74, 6) is 0. The van der Waals surface area contributed by atoms with E-state index >= 15 is 0 Å². The lowest BCUT2D eigenvalue weighted by atomic mass is 10.1. The molecule has 1 heterocycles. The quantitative estimate of drug-likeness (QED) is 0.381. The van der Waals surface area contributed by atoms with Crippen molar-refractivity contribution in [3.05, 3.63) is 12.8 Å². The summed E-state index contributed by atoms with van der Waals surface area (Å²) in [4.78, 5) is 0.